The van der Waals surface area contributed by atoms with E-state index in [0.29, 0.717) is 12.8 Å². The molecule has 2 fully saturated rings. The first-order valence-electron chi connectivity index (χ1n) is 9.76. The maximum atomic E-state index is 12.2. The summed E-state index contributed by atoms with van der Waals surface area (Å²) in [5.74, 6) is -1.37. The quantitative estimate of drug-likeness (QED) is 0.797. The van der Waals surface area contributed by atoms with Crippen LogP contribution in [0.2, 0.25) is 0 Å². The van der Waals surface area contributed by atoms with Gasteiger partial charge < -0.3 is 14.8 Å². The van der Waals surface area contributed by atoms with Gasteiger partial charge in [0.2, 0.25) is 5.60 Å². The minimum Gasteiger partial charge on any atom is -0.478 e. The Morgan fingerprint density at radius 3 is 2.93 bits per heavy atom. The van der Waals surface area contributed by atoms with Crippen LogP contribution in [-0.4, -0.2) is 45.6 Å². The van der Waals surface area contributed by atoms with Gasteiger partial charge in [0.1, 0.15) is 0 Å². The lowest BCUT2D eigenvalue weighted by Crippen LogP contribution is -2.53. The number of hydrogen-bond acceptors (Lipinski definition) is 4. The molecule has 6 nitrogen and oxygen atoms in total. The van der Waals surface area contributed by atoms with Crippen molar-refractivity contribution in [2.45, 2.75) is 44.2 Å². The van der Waals surface area contributed by atoms with Crippen LogP contribution < -0.4 is 0 Å². The number of fused-ring (bicyclic) bond motifs is 6. The van der Waals surface area contributed by atoms with Crippen molar-refractivity contribution in [1.82, 2.24) is 9.88 Å². The number of carboxylic acid groups (broad SMARTS) is 1. The number of aliphatic carboxylic acids is 1. The Morgan fingerprint density at radius 1 is 1.33 bits per heavy atom. The number of benzene rings is 1. The number of hydrogen-bond donors (Lipinski definition) is 2. The zero-order valence-electron chi connectivity index (χ0n) is 15.4. The van der Waals surface area contributed by atoms with Crippen molar-refractivity contribution in [2.24, 2.45) is 11.8 Å². The van der Waals surface area contributed by atoms with Crippen molar-refractivity contribution >= 4 is 22.8 Å². The van der Waals surface area contributed by atoms with Gasteiger partial charge in [0.15, 0.2) is 0 Å². The SMILES string of the molecule is CC(=O)O[C@@]1(C(=O)O)CC[C@H]2CN3CCc4c([nH]c5ccccc45)[C@@H]3C[C@@H]21. The van der Waals surface area contributed by atoms with Crippen molar-refractivity contribution in [1.29, 1.82) is 0 Å². The largest absolute Gasteiger partial charge is 0.478 e. The molecule has 2 aromatic rings. The summed E-state index contributed by atoms with van der Waals surface area (Å²) in [5, 5.41) is 11.2. The molecular weight excluding hydrogens is 344 g/mol. The topological polar surface area (TPSA) is 82.6 Å². The number of nitrogens with one attached hydrogen (secondary N) is 1. The fourth-order valence-corrected chi connectivity index (χ4v) is 5.86. The summed E-state index contributed by atoms with van der Waals surface area (Å²) in [4.78, 5) is 29.9. The second-order valence-corrected chi connectivity index (χ2v) is 8.25. The molecule has 1 saturated carbocycles. The number of ether oxygens (including phenoxy) is 1. The number of carboxylic acids is 1. The van der Waals surface area contributed by atoms with Gasteiger partial charge >= 0.3 is 11.9 Å². The van der Waals surface area contributed by atoms with Crippen LogP contribution in [0.5, 0.6) is 0 Å². The molecule has 2 aliphatic heterocycles. The van der Waals surface area contributed by atoms with E-state index in [2.05, 4.69) is 28.1 Å². The Hall–Kier alpha value is -2.34. The number of para-hydroxylation sites is 1. The Balaban J connectivity index is 1.55. The third kappa shape index (κ3) is 2.35. The lowest BCUT2D eigenvalue weighted by molar-refractivity contribution is -0.185. The maximum Gasteiger partial charge on any atom is 0.348 e. The molecule has 0 radical (unpaired) electrons. The van der Waals surface area contributed by atoms with Crippen LogP contribution in [0.3, 0.4) is 0 Å². The normalized spacial score (nSPS) is 32.6. The highest BCUT2D eigenvalue weighted by Gasteiger charge is 2.59. The molecule has 1 saturated heterocycles. The van der Waals surface area contributed by atoms with Gasteiger partial charge in [0.05, 0.1) is 6.04 Å². The molecule has 0 spiro atoms. The lowest BCUT2D eigenvalue weighted by atomic mass is 9.75. The van der Waals surface area contributed by atoms with E-state index in [0.717, 1.165) is 31.4 Å². The number of aromatic nitrogens is 1. The maximum absolute atomic E-state index is 12.2. The number of rotatable bonds is 2. The van der Waals surface area contributed by atoms with Crippen molar-refractivity contribution in [3.05, 3.63) is 35.5 Å². The molecule has 3 aliphatic rings. The summed E-state index contributed by atoms with van der Waals surface area (Å²) in [6, 6.07) is 8.51. The standard InChI is InChI=1S/C21H24N2O4/c1-12(24)27-21(20(25)26)8-6-13-11-23-9-7-15-14-4-2-3-5-17(14)22-19(15)18(23)10-16(13)21/h2-5,13,16,18,22H,6-11H2,1H3,(H,25,26)/t13-,16-,18-,21-/m0/s1. The van der Waals surface area contributed by atoms with Crippen LogP contribution in [0.15, 0.2) is 24.3 Å². The second kappa shape index (κ2) is 5.83. The highest BCUT2D eigenvalue weighted by Crippen LogP contribution is 2.53. The molecule has 142 valence electrons. The second-order valence-electron chi connectivity index (χ2n) is 8.25. The molecule has 0 amide bonds. The van der Waals surface area contributed by atoms with Gasteiger partial charge in [-0.2, -0.15) is 0 Å². The molecule has 1 aromatic heterocycles. The van der Waals surface area contributed by atoms with Crippen LogP contribution in [0, 0.1) is 11.8 Å². The van der Waals surface area contributed by atoms with Crippen LogP contribution in [0.25, 0.3) is 10.9 Å². The molecule has 3 heterocycles. The third-order valence-electron chi connectivity index (χ3n) is 6.96. The summed E-state index contributed by atoms with van der Waals surface area (Å²) in [7, 11) is 0. The summed E-state index contributed by atoms with van der Waals surface area (Å²) in [5.41, 5.74) is 2.35. The van der Waals surface area contributed by atoms with Gasteiger partial charge in [-0.3, -0.25) is 9.69 Å². The van der Waals surface area contributed by atoms with E-state index in [4.69, 9.17) is 4.74 Å². The van der Waals surface area contributed by atoms with Gasteiger partial charge in [-0.1, -0.05) is 18.2 Å². The average Bonchev–Trinajstić information content (AvgIpc) is 3.19. The number of esters is 1. The minimum atomic E-state index is -1.37. The van der Waals surface area contributed by atoms with E-state index in [-0.39, 0.29) is 17.9 Å². The van der Waals surface area contributed by atoms with Crippen LogP contribution in [-0.2, 0) is 20.7 Å². The highest BCUT2D eigenvalue weighted by molar-refractivity contribution is 5.85. The molecule has 5 rings (SSSR count). The van der Waals surface area contributed by atoms with E-state index in [9.17, 15) is 14.7 Å². The first kappa shape index (κ1) is 16.8. The van der Waals surface area contributed by atoms with Crippen molar-refractivity contribution in [3.63, 3.8) is 0 Å². The molecule has 2 N–H and O–H groups in total. The highest BCUT2D eigenvalue weighted by atomic mass is 16.6. The Bertz CT molecular complexity index is 935. The number of nitrogens with zero attached hydrogens (tertiary/aromatic N) is 1. The summed E-state index contributed by atoms with van der Waals surface area (Å²) < 4.78 is 5.49. The number of H-pyrrole nitrogens is 1. The molecule has 1 aliphatic carbocycles. The van der Waals surface area contributed by atoms with E-state index >= 15 is 0 Å². The van der Waals surface area contributed by atoms with E-state index in [1.54, 1.807) is 0 Å². The lowest BCUT2D eigenvalue weighted by Gasteiger charge is -2.46. The predicted molar refractivity (Wildman–Crippen MR) is 99.3 cm³/mol. The van der Waals surface area contributed by atoms with Gasteiger partial charge in [0, 0.05) is 42.5 Å². The molecular formula is C21H24N2O4. The Kier molecular flexibility index (Phi) is 3.63. The van der Waals surface area contributed by atoms with Gasteiger partial charge in [0.25, 0.3) is 0 Å². The van der Waals surface area contributed by atoms with Gasteiger partial charge in [-0.25, -0.2) is 4.79 Å². The van der Waals surface area contributed by atoms with Crippen LogP contribution in [0.4, 0.5) is 0 Å². The Labute approximate surface area is 157 Å². The molecule has 6 heteroatoms. The fourth-order valence-electron chi connectivity index (χ4n) is 5.86. The third-order valence-corrected chi connectivity index (χ3v) is 6.96. The smallest absolute Gasteiger partial charge is 0.348 e. The zero-order valence-corrected chi connectivity index (χ0v) is 15.4. The molecule has 0 bridgehead atoms. The molecule has 1 aromatic carbocycles. The number of piperidine rings is 1. The van der Waals surface area contributed by atoms with Crippen LogP contribution >= 0.6 is 0 Å². The van der Waals surface area contributed by atoms with Crippen molar-refractivity contribution in [3.8, 4) is 0 Å². The molecule has 0 unspecified atom stereocenters. The first-order chi connectivity index (χ1) is 13.0. The van der Waals surface area contributed by atoms with Crippen LogP contribution in [0.1, 0.15) is 43.5 Å². The average molecular weight is 368 g/mol. The number of aromatic amines is 1. The van der Waals surface area contributed by atoms with Gasteiger partial charge in [-0.15, -0.1) is 0 Å². The zero-order chi connectivity index (χ0) is 18.8. The predicted octanol–water partition coefficient (Wildman–Crippen LogP) is 2.88. The molecule has 4 atom stereocenters. The number of carbonyl (C=O) groups excluding carboxylic acids is 1. The molecule has 27 heavy (non-hydrogen) atoms. The van der Waals surface area contributed by atoms with E-state index in [1.165, 1.54) is 23.6 Å². The number of carbonyl (C=O) groups is 2. The van der Waals surface area contributed by atoms with E-state index < -0.39 is 17.5 Å². The minimum absolute atomic E-state index is 0.141. The van der Waals surface area contributed by atoms with E-state index in [1.807, 2.05) is 6.07 Å². The van der Waals surface area contributed by atoms with Crippen molar-refractivity contribution < 1.29 is 19.4 Å². The summed E-state index contributed by atoms with van der Waals surface area (Å²) >= 11 is 0. The summed E-state index contributed by atoms with van der Waals surface area (Å²) in [6.45, 7) is 3.18. The van der Waals surface area contributed by atoms with Crippen molar-refractivity contribution in [2.75, 3.05) is 13.1 Å². The summed E-state index contributed by atoms with van der Waals surface area (Å²) in [6.07, 6.45) is 2.94. The monoisotopic (exact) mass is 368 g/mol. The first-order valence-corrected chi connectivity index (χ1v) is 9.76. The Morgan fingerprint density at radius 2 is 2.15 bits per heavy atom. The fraction of sp³-hybridized carbons (Fsp3) is 0.524. The van der Waals surface area contributed by atoms with Gasteiger partial charge in [-0.05, 0) is 43.2 Å².